The lowest BCUT2D eigenvalue weighted by Crippen LogP contribution is -2.54. The predicted octanol–water partition coefficient (Wildman–Crippen LogP) is -0.804. The van der Waals surface area contributed by atoms with Crippen LogP contribution in [0.5, 0.6) is 5.75 Å². The van der Waals surface area contributed by atoms with Gasteiger partial charge in [-0.2, -0.15) is 0 Å². The average molecular weight is 256 g/mol. The van der Waals surface area contributed by atoms with Gasteiger partial charge >= 0.3 is 11.9 Å². The van der Waals surface area contributed by atoms with Crippen LogP contribution in [-0.4, -0.2) is 49.2 Å². The molecule has 7 heteroatoms. The largest absolute Gasteiger partial charge is 0.508 e. The molecule has 1 aromatic rings. The van der Waals surface area contributed by atoms with E-state index in [1.807, 2.05) is 0 Å². The lowest BCUT2D eigenvalue weighted by molar-refractivity contribution is -0.183. The molecule has 0 aromatic heterocycles. The highest BCUT2D eigenvalue weighted by Crippen LogP contribution is 2.20. The molecular weight excluding hydrogens is 244 g/mol. The monoisotopic (exact) mass is 256 g/mol. The van der Waals surface area contributed by atoms with Gasteiger partial charge in [-0.05, 0) is 17.7 Å². The van der Waals surface area contributed by atoms with E-state index in [9.17, 15) is 19.8 Å². The fourth-order valence-electron chi connectivity index (χ4n) is 1.42. The molecule has 98 valence electrons. The van der Waals surface area contributed by atoms with Crippen LogP contribution in [0.1, 0.15) is 5.56 Å². The number of aliphatic hydroxyl groups is 2. The van der Waals surface area contributed by atoms with Crippen molar-refractivity contribution in [2.24, 2.45) is 0 Å². The Morgan fingerprint density at radius 2 is 1.67 bits per heavy atom. The minimum absolute atomic E-state index is 0.0589. The first kappa shape index (κ1) is 13.9. The highest BCUT2D eigenvalue weighted by molar-refractivity contribution is 5.87. The molecule has 2 atom stereocenters. The number of carboxylic acids is 2. The number of aliphatic carboxylic acids is 2. The van der Waals surface area contributed by atoms with Crippen LogP contribution in [0.2, 0.25) is 0 Å². The van der Waals surface area contributed by atoms with E-state index in [-0.39, 0.29) is 11.3 Å². The number of carboxylic acid groups (broad SMARTS) is 2. The number of carbonyl (C=O) groups is 2. The van der Waals surface area contributed by atoms with E-state index in [0.29, 0.717) is 0 Å². The molecule has 0 heterocycles. The van der Waals surface area contributed by atoms with E-state index in [4.69, 9.17) is 15.3 Å². The summed E-state index contributed by atoms with van der Waals surface area (Å²) in [6.07, 6.45) is -3.06. The van der Waals surface area contributed by atoms with Crippen LogP contribution < -0.4 is 0 Å². The fourth-order valence-corrected chi connectivity index (χ4v) is 1.42. The van der Waals surface area contributed by atoms with Gasteiger partial charge in [0.1, 0.15) is 5.75 Å². The van der Waals surface area contributed by atoms with Gasteiger partial charge in [0.25, 0.3) is 0 Å². The molecule has 0 aliphatic rings. The van der Waals surface area contributed by atoms with E-state index in [1.54, 1.807) is 0 Å². The molecule has 18 heavy (non-hydrogen) atoms. The molecule has 0 aliphatic carbocycles. The summed E-state index contributed by atoms with van der Waals surface area (Å²) >= 11 is 0. The van der Waals surface area contributed by atoms with Crippen LogP contribution >= 0.6 is 0 Å². The summed E-state index contributed by atoms with van der Waals surface area (Å²) in [6.45, 7) is 0. The van der Waals surface area contributed by atoms with Crippen LogP contribution in [0.15, 0.2) is 24.3 Å². The summed E-state index contributed by atoms with van der Waals surface area (Å²) in [4.78, 5) is 21.5. The van der Waals surface area contributed by atoms with Crippen molar-refractivity contribution in [1.29, 1.82) is 0 Å². The summed E-state index contributed by atoms with van der Waals surface area (Å²) in [7, 11) is 0. The number of rotatable bonds is 5. The van der Waals surface area contributed by atoms with Gasteiger partial charge in [-0.3, -0.25) is 0 Å². The number of aromatic hydroxyl groups is 1. The van der Waals surface area contributed by atoms with Crippen LogP contribution in [0.3, 0.4) is 0 Å². The zero-order valence-electron chi connectivity index (χ0n) is 9.15. The molecule has 0 amide bonds. The van der Waals surface area contributed by atoms with E-state index >= 15 is 0 Å². The van der Waals surface area contributed by atoms with Gasteiger partial charge < -0.3 is 25.5 Å². The summed E-state index contributed by atoms with van der Waals surface area (Å²) in [5, 5.41) is 45.5. The molecule has 0 aliphatic heterocycles. The maximum atomic E-state index is 10.9. The van der Waals surface area contributed by atoms with Gasteiger partial charge in [-0.25, -0.2) is 9.59 Å². The topological polar surface area (TPSA) is 135 Å². The van der Waals surface area contributed by atoms with E-state index in [1.165, 1.54) is 24.3 Å². The van der Waals surface area contributed by atoms with Crippen molar-refractivity contribution in [2.75, 3.05) is 0 Å². The second-order valence-corrected chi connectivity index (χ2v) is 3.81. The van der Waals surface area contributed by atoms with Gasteiger partial charge in [-0.15, -0.1) is 0 Å². The molecule has 0 radical (unpaired) electrons. The van der Waals surface area contributed by atoms with Crippen molar-refractivity contribution in [2.45, 2.75) is 18.1 Å². The van der Waals surface area contributed by atoms with E-state index < -0.39 is 30.1 Å². The summed E-state index contributed by atoms with van der Waals surface area (Å²) in [5.41, 5.74) is -2.57. The normalized spacial score (nSPS) is 15.7. The quantitative estimate of drug-likeness (QED) is 0.465. The second kappa shape index (κ2) is 5.03. The second-order valence-electron chi connectivity index (χ2n) is 3.81. The molecule has 1 rings (SSSR count). The molecule has 0 spiro atoms. The Labute approximate surface area is 102 Å². The van der Waals surface area contributed by atoms with Crippen molar-refractivity contribution in [1.82, 2.24) is 0 Å². The zero-order valence-corrected chi connectivity index (χ0v) is 9.15. The summed E-state index contributed by atoms with van der Waals surface area (Å²) < 4.78 is 0. The molecule has 0 saturated heterocycles. The molecule has 0 unspecified atom stereocenters. The number of hydrogen-bond acceptors (Lipinski definition) is 5. The van der Waals surface area contributed by atoms with Crippen molar-refractivity contribution in [3.63, 3.8) is 0 Å². The van der Waals surface area contributed by atoms with Gasteiger partial charge in [0.2, 0.25) is 5.60 Å². The lowest BCUT2D eigenvalue weighted by atomic mass is 9.89. The van der Waals surface area contributed by atoms with Gasteiger partial charge in [0, 0.05) is 6.42 Å². The van der Waals surface area contributed by atoms with Gasteiger partial charge in [0.05, 0.1) is 0 Å². The van der Waals surface area contributed by atoms with Gasteiger partial charge in [0.15, 0.2) is 6.10 Å². The van der Waals surface area contributed by atoms with E-state index in [2.05, 4.69) is 0 Å². The SMILES string of the molecule is O=C(O)[C@H](O)[C@@](O)(Cc1ccc(O)cc1)C(=O)O. The third kappa shape index (κ3) is 2.76. The van der Waals surface area contributed by atoms with Crippen molar-refractivity contribution in [3.05, 3.63) is 29.8 Å². The fraction of sp³-hybridized carbons (Fsp3) is 0.273. The lowest BCUT2D eigenvalue weighted by Gasteiger charge is -2.26. The standard InChI is InChI=1S/C11H12O7/c12-7-3-1-6(2-4-7)5-11(18,10(16)17)8(13)9(14)15/h1-4,8,12-13,18H,5H2,(H,14,15)(H,16,17)/t8-,11-/m0/s1. The maximum absolute atomic E-state index is 10.9. The van der Waals surface area contributed by atoms with Crippen molar-refractivity contribution >= 4 is 11.9 Å². The highest BCUT2D eigenvalue weighted by Gasteiger charge is 2.47. The molecule has 1 aromatic carbocycles. The molecular formula is C11H12O7. The third-order valence-corrected chi connectivity index (χ3v) is 2.47. The molecule has 0 saturated carbocycles. The highest BCUT2D eigenvalue weighted by atomic mass is 16.4. The molecule has 0 bridgehead atoms. The zero-order chi connectivity index (χ0) is 13.9. The van der Waals surface area contributed by atoms with Crippen LogP contribution in [-0.2, 0) is 16.0 Å². The predicted molar refractivity (Wildman–Crippen MR) is 58.0 cm³/mol. The molecule has 7 nitrogen and oxygen atoms in total. The first-order chi connectivity index (χ1) is 8.27. The van der Waals surface area contributed by atoms with Gasteiger partial charge in [-0.1, -0.05) is 12.1 Å². The Morgan fingerprint density at radius 3 is 2.06 bits per heavy atom. The van der Waals surface area contributed by atoms with Crippen molar-refractivity contribution < 1.29 is 35.1 Å². The number of hydrogen-bond donors (Lipinski definition) is 5. The Balaban J connectivity index is 3.03. The number of aliphatic hydroxyl groups excluding tert-OH is 1. The van der Waals surface area contributed by atoms with Crippen molar-refractivity contribution in [3.8, 4) is 5.75 Å². The third-order valence-electron chi connectivity index (χ3n) is 2.47. The Morgan fingerprint density at radius 1 is 1.17 bits per heavy atom. The van der Waals surface area contributed by atoms with E-state index in [0.717, 1.165) is 0 Å². The summed E-state index contributed by atoms with van der Waals surface area (Å²) in [5.74, 6) is -3.74. The Hall–Kier alpha value is -2.12. The first-order valence-electron chi connectivity index (χ1n) is 4.92. The smallest absolute Gasteiger partial charge is 0.339 e. The molecule has 0 fully saturated rings. The maximum Gasteiger partial charge on any atom is 0.339 e. The average Bonchev–Trinajstić information content (AvgIpc) is 2.30. The Bertz CT molecular complexity index is 453. The first-order valence-corrected chi connectivity index (χ1v) is 4.92. The number of phenols is 1. The van der Waals surface area contributed by atoms with Crippen LogP contribution in [0, 0.1) is 0 Å². The van der Waals surface area contributed by atoms with Crippen LogP contribution in [0.25, 0.3) is 0 Å². The number of benzene rings is 1. The molecule has 5 N–H and O–H groups in total. The number of phenolic OH excluding ortho intramolecular Hbond substituents is 1. The minimum atomic E-state index is -2.83. The summed E-state index contributed by atoms with van der Waals surface area (Å²) in [6, 6.07) is 5.14. The minimum Gasteiger partial charge on any atom is -0.508 e. The van der Waals surface area contributed by atoms with Crippen LogP contribution in [0.4, 0.5) is 0 Å². The Kier molecular flexibility index (Phi) is 3.89.